The van der Waals surface area contributed by atoms with Gasteiger partial charge >= 0.3 is 0 Å². The van der Waals surface area contributed by atoms with E-state index < -0.39 is 0 Å². The van der Waals surface area contributed by atoms with E-state index in [0.29, 0.717) is 12.0 Å². The summed E-state index contributed by atoms with van der Waals surface area (Å²) in [6.07, 6.45) is 1.49. The molecule has 1 fully saturated rings. The first-order chi connectivity index (χ1) is 9.20. The lowest BCUT2D eigenvalue weighted by atomic mass is 9.98. The molecule has 1 aromatic rings. The number of morpholine rings is 1. The van der Waals surface area contributed by atoms with Crippen LogP contribution in [0.25, 0.3) is 0 Å². The molecule has 3 heteroatoms. The molecule has 1 heterocycles. The molecule has 1 aliphatic rings. The second-order valence-electron chi connectivity index (χ2n) is 5.48. The summed E-state index contributed by atoms with van der Waals surface area (Å²) < 4.78 is 5.75. The highest BCUT2D eigenvalue weighted by atomic mass is 16.5. The Labute approximate surface area is 116 Å². The maximum absolute atomic E-state index is 5.75. The lowest BCUT2D eigenvalue weighted by Crippen LogP contribution is -2.44. The van der Waals surface area contributed by atoms with Crippen molar-refractivity contribution in [3.05, 3.63) is 29.8 Å². The van der Waals surface area contributed by atoms with Crippen molar-refractivity contribution >= 4 is 5.69 Å². The fourth-order valence-electron chi connectivity index (χ4n) is 2.44. The smallest absolute Gasteiger partial charge is 0.0874 e. The number of hydrogen-bond donors (Lipinski definition) is 1. The zero-order valence-corrected chi connectivity index (χ0v) is 12.4. The number of nitrogens with one attached hydrogen (secondary N) is 1. The number of nitrogens with zero attached hydrogens (tertiary/aromatic N) is 1. The molecule has 0 bridgehead atoms. The van der Waals surface area contributed by atoms with Gasteiger partial charge in [-0.3, -0.25) is 0 Å². The molecule has 0 amide bonds. The van der Waals surface area contributed by atoms with Crippen LogP contribution in [0.2, 0.25) is 0 Å². The Morgan fingerprint density at radius 1 is 1.37 bits per heavy atom. The van der Waals surface area contributed by atoms with Crippen LogP contribution in [0.5, 0.6) is 0 Å². The van der Waals surface area contributed by atoms with E-state index in [1.807, 2.05) is 0 Å². The van der Waals surface area contributed by atoms with Crippen molar-refractivity contribution in [2.45, 2.75) is 32.3 Å². The highest BCUT2D eigenvalue weighted by Gasteiger charge is 2.15. The zero-order chi connectivity index (χ0) is 13.7. The minimum Gasteiger partial charge on any atom is -0.374 e. The quantitative estimate of drug-likeness (QED) is 0.883. The summed E-state index contributed by atoms with van der Waals surface area (Å²) in [5, 5.41) is 3.37. The topological polar surface area (TPSA) is 24.5 Å². The summed E-state index contributed by atoms with van der Waals surface area (Å²) in [5.41, 5.74) is 2.69. The molecule has 2 unspecified atom stereocenters. The average Bonchev–Trinajstić information content (AvgIpc) is 2.47. The molecule has 0 aromatic heterocycles. The number of likely N-dealkylation sites (N-methyl/N-ethyl adjacent to an activating group) is 1. The molecule has 1 aromatic carbocycles. The van der Waals surface area contributed by atoms with Gasteiger partial charge in [0.25, 0.3) is 0 Å². The number of rotatable bonds is 5. The molecule has 0 aliphatic carbocycles. The highest BCUT2D eigenvalue weighted by molar-refractivity contribution is 5.47. The van der Waals surface area contributed by atoms with E-state index in [4.69, 9.17) is 4.74 Å². The van der Waals surface area contributed by atoms with Gasteiger partial charge in [-0.15, -0.1) is 0 Å². The van der Waals surface area contributed by atoms with Crippen LogP contribution in [0.4, 0.5) is 5.69 Å². The van der Waals surface area contributed by atoms with Crippen molar-refractivity contribution in [3.63, 3.8) is 0 Å². The number of hydrogen-bond acceptors (Lipinski definition) is 3. The highest BCUT2D eigenvalue weighted by Crippen LogP contribution is 2.22. The normalized spacial score (nSPS) is 21.1. The van der Waals surface area contributed by atoms with E-state index in [0.717, 1.165) is 26.2 Å². The fraction of sp³-hybridized carbons (Fsp3) is 0.625. The Morgan fingerprint density at radius 2 is 2.11 bits per heavy atom. The van der Waals surface area contributed by atoms with Gasteiger partial charge in [0.05, 0.1) is 12.7 Å². The Morgan fingerprint density at radius 3 is 2.68 bits per heavy atom. The maximum Gasteiger partial charge on any atom is 0.0874 e. The molecular formula is C16H26N2O. The van der Waals surface area contributed by atoms with Crippen LogP contribution in [0.15, 0.2) is 24.3 Å². The SMILES string of the molecule is CCC(C)c1ccc(N(C)CC2CNCCO2)cc1. The summed E-state index contributed by atoms with van der Waals surface area (Å²) in [7, 11) is 2.14. The van der Waals surface area contributed by atoms with Crippen LogP contribution in [0, 0.1) is 0 Å². The Hall–Kier alpha value is -1.06. The second-order valence-corrected chi connectivity index (χ2v) is 5.48. The standard InChI is InChI=1S/C16H26N2O/c1-4-13(2)14-5-7-15(8-6-14)18(3)12-16-11-17-9-10-19-16/h5-8,13,16-17H,4,9-12H2,1-3H3. The third-order valence-corrected chi connectivity index (χ3v) is 4.00. The van der Waals surface area contributed by atoms with E-state index in [1.165, 1.54) is 17.7 Å². The van der Waals surface area contributed by atoms with Crippen LogP contribution in [0.3, 0.4) is 0 Å². The monoisotopic (exact) mass is 262 g/mol. The first-order valence-corrected chi connectivity index (χ1v) is 7.34. The van der Waals surface area contributed by atoms with Gasteiger partial charge in [-0.05, 0) is 30.0 Å². The molecule has 2 rings (SSSR count). The largest absolute Gasteiger partial charge is 0.374 e. The van der Waals surface area contributed by atoms with E-state index in [1.54, 1.807) is 0 Å². The first-order valence-electron chi connectivity index (χ1n) is 7.34. The third-order valence-electron chi connectivity index (χ3n) is 4.00. The summed E-state index contributed by atoms with van der Waals surface area (Å²) >= 11 is 0. The fourth-order valence-corrected chi connectivity index (χ4v) is 2.44. The Bertz CT molecular complexity index is 371. The van der Waals surface area contributed by atoms with E-state index in [9.17, 15) is 0 Å². The van der Waals surface area contributed by atoms with Gasteiger partial charge in [0.2, 0.25) is 0 Å². The molecular weight excluding hydrogens is 236 g/mol. The van der Waals surface area contributed by atoms with Gasteiger partial charge in [0, 0.05) is 32.4 Å². The van der Waals surface area contributed by atoms with Gasteiger partial charge in [0.15, 0.2) is 0 Å². The summed E-state index contributed by atoms with van der Waals surface area (Å²) in [6, 6.07) is 8.94. The van der Waals surface area contributed by atoms with Crippen molar-refractivity contribution in [1.29, 1.82) is 0 Å². The second kappa shape index (κ2) is 6.92. The van der Waals surface area contributed by atoms with Gasteiger partial charge in [-0.1, -0.05) is 26.0 Å². The van der Waals surface area contributed by atoms with Crippen LogP contribution < -0.4 is 10.2 Å². The number of ether oxygens (including phenoxy) is 1. The predicted molar refractivity (Wildman–Crippen MR) is 81.0 cm³/mol. The lowest BCUT2D eigenvalue weighted by molar-refractivity contribution is 0.0340. The molecule has 2 atom stereocenters. The van der Waals surface area contributed by atoms with Crippen molar-refractivity contribution in [2.24, 2.45) is 0 Å². The molecule has 3 nitrogen and oxygen atoms in total. The first kappa shape index (κ1) is 14.4. The van der Waals surface area contributed by atoms with Gasteiger partial charge in [-0.2, -0.15) is 0 Å². The van der Waals surface area contributed by atoms with E-state index in [-0.39, 0.29) is 0 Å². The minimum atomic E-state index is 0.299. The van der Waals surface area contributed by atoms with Crippen molar-refractivity contribution < 1.29 is 4.74 Å². The van der Waals surface area contributed by atoms with Crippen LogP contribution in [-0.2, 0) is 4.74 Å². The molecule has 0 saturated carbocycles. The summed E-state index contributed by atoms with van der Waals surface area (Å²) in [5.74, 6) is 0.644. The third kappa shape index (κ3) is 3.95. The molecule has 1 saturated heterocycles. The lowest BCUT2D eigenvalue weighted by Gasteiger charge is -2.29. The van der Waals surface area contributed by atoms with Gasteiger partial charge < -0.3 is 15.0 Å². The minimum absolute atomic E-state index is 0.299. The average molecular weight is 262 g/mol. The van der Waals surface area contributed by atoms with Gasteiger partial charge in [0.1, 0.15) is 0 Å². The van der Waals surface area contributed by atoms with Crippen LogP contribution in [-0.4, -0.2) is 39.4 Å². The van der Waals surface area contributed by atoms with E-state index in [2.05, 4.69) is 55.4 Å². The predicted octanol–water partition coefficient (Wildman–Crippen LogP) is 2.62. The van der Waals surface area contributed by atoms with Crippen molar-refractivity contribution in [3.8, 4) is 0 Å². The van der Waals surface area contributed by atoms with Crippen LogP contribution in [0.1, 0.15) is 31.7 Å². The molecule has 1 N–H and O–H groups in total. The number of anilines is 1. The van der Waals surface area contributed by atoms with Crippen LogP contribution >= 0.6 is 0 Å². The molecule has 19 heavy (non-hydrogen) atoms. The summed E-state index contributed by atoms with van der Waals surface area (Å²) in [4.78, 5) is 2.28. The van der Waals surface area contributed by atoms with Crippen molar-refractivity contribution in [1.82, 2.24) is 5.32 Å². The number of benzene rings is 1. The van der Waals surface area contributed by atoms with Crippen molar-refractivity contribution in [2.75, 3.05) is 38.2 Å². The summed E-state index contributed by atoms with van der Waals surface area (Å²) in [6.45, 7) is 8.21. The Balaban J connectivity index is 1.93. The van der Waals surface area contributed by atoms with E-state index >= 15 is 0 Å². The maximum atomic E-state index is 5.75. The van der Waals surface area contributed by atoms with Gasteiger partial charge in [-0.25, -0.2) is 0 Å². The molecule has 0 spiro atoms. The molecule has 106 valence electrons. The Kier molecular flexibility index (Phi) is 5.23. The molecule has 1 aliphatic heterocycles. The molecule has 0 radical (unpaired) electrons. The zero-order valence-electron chi connectivity index (χ0n) is 12.4.